The smallest absolute Gasteiger partial charge is 1.00 e. The third kappa shape index (κ3) is 29.8. The van der Waals surface area contributed by atoms with E-state index in [9.17, 15) is 29.1 Å². The van der Waals surface area contributed by atoms with E-state index in [0.29, 0.717) is 82.6 Å². The van der Waals surface area contributed by atoms with Crippen molar-refractivity contribution >= 4 is 35.8 Å². The predicted octanol–water partition coefficient (Wildman–Crippen LogP) is 2.25. The van der Waals surface area contributed by atoms with Gasteiger partial charge in [-0.1, -0.05) is 97.1 Å². The fourth-order valence-electron chi connectivity index (χ4n) is 9.62. The van der Waals surface area contributed by atoms with Crippen molar-refractivity contribution in [1.29, 1.82) is 0 Å². The Balaban J connectivity index is 0.000000576. The van der Waals surface area contributed by atoms with Crippen LogP contribution in [0.2, 0.25) is 0 Å². The first-order valence-electron chi connectivity index (χ1n) is 29.0. The summed E-state index contributed by atoms with van der Waals surface area (Å²) in [5.74, 6) is 1.62. The standard InChI is InChI=1S/C24H31NO4.C17H19NO2.C10H13NO2.C8H12O3.C7H12O2.CH2O3.2K.H/c1-25(2)23(26)22(24(27)15-13-20(28-3)14-16-24)19-9-11-21(12-10-19)29-17-18-7-5-4-6-8-18;1-18(2)17(19)12-14-8-10-16(11-9-14)20-13-15-6-4-3-5-7-15;1-11(2)10(13)7-8-3-5-9(12)6-4-8;9-7-1-3-8(4-2-7)10-5-6-11-8;1-9-7-4-2-6(8)3-5-7;2-1-4-3;;;/h4-12,20,22,27H,13-17H2,1-3H3;3-11H,12-13H2,1-2H3;3-6,12H,7H2,1-2H3;1-6H2;7H,2-5H2,1H3;1,3H;;;/q;;;;;;2*+1;-1/p-1. The number of phenols is 1. The minimum atomic E-state index is -1.07. The molecule has 0 radical (unpaired) electrons. The number of amides is 3. The third-order valence-corrected chi connectivity index (χ3v) is 14.9. The van der Waals surface area contributed by atoms with Gasteiger partial charge in [-0.15, -0.1) is 0 Å². The van der Waals surface area contributed by atoms with Crippen LogP contribution in [0.4, 0.5) is 0 Å². The second kappa shape index (κ2) is 43.5. The molecule has 4 fully saturated rings. The monoisotopic (exact) mass is 1270 g/mol. The Hall–Kier alpha value is -4.25. The molecule has 1 heterocycles. The van der Waals surface area contributed by atoms with Gasteiger partial charge in [0.25, 0.3) is 6.47 Å². The number of phenolic OH excluding ortho intramolecular Hbond substituents is 1. The molecule has 470 valence electrons. The number of carbonyl (C=O) groups is 6. The van der Waals surface area contributed by atoms with Crippen molar-refractivity contribution in [2.24, 2.45) is 0 Å². The molecule has 1 atom stereocenters. The van der Waals surface area contributed by atoms with E-state index >= 15 is 0 Å². The number of ether oxygens (including phenoxy) is 6. The van der Waals surface area contributed by atoms with Gasteiger partial charge >= 0.3 is 103 Å². The third-order valence-electron chi connectivity index (χ3n) is 14.9. The van der Waals surface area contributed by atoms with Gasteiger partial charge in [-0.2, -0.15) is 0 Å². The van der Waals surface area contributed by atoms with Gasteiger partial charge in [0.05, 0.1) is 49.8 Å². The van der Waals surface area contributed by atoms with Crippen molar-refractivity contribution in [2.75, 3.05) is 69.7 Å². The SMILES string of the molecule is CN(C)C(=O)Cc1ccc(O)cc1.CN(C)C(=O)Cc1ccc(OCc2ccccc2)cc1.COC1CCC(=O)CC1.COC1CCC(O)(C(C(=O)N(C)C)c2ccc(OCc3ccccc3)cc2)CC1.O=C1CCC2(CC1)OCCO2.O=CO[O-].[H-].[K+].[K+]. The first-order chi connectivity index (χ1) is 41.2. The number of aliphatic hydroxyl groups is 1. The van der Waals surface area contributed by atoms with Crippen molar-refractivity contribution in [3.63, 3.8) is 0 Å². The molecule has 4 aliphatic rings. The summed E-state index contributed by atoms with van der Waals surface area (Å²) in [6.07, 6.45) is 9.95. The van der Waals surface area contributed by atoms with Crippen LogP contribution in [0.5, 0.6) is 17.2 Å². The summed E-state index contributed by atoms with van der Waals surface area (Å²) < 4.78 is 33.0. The molecule has 1 unspecified atom stereocenters. The Morgan fingerprint density at radius 1 is 0.580 bits per heavy atom. The second-order valence-corrected chi connectivity index (χ2v) is 21.9. The number of likely N-dealkylation sites (N-methyl/N-ethyl adjacent to an activating group) is 3. The van der Waals surface area contributed by atoms with Crippen molar-refractivity contribution < 1.29 is 182 Å². The van der Waals surface area contributed by atoms with Gasteiger partial charge in [0.2, 0.25) is 17.7 Å². The first-order valence-corrected chi connectivity index (χ1v) is 29.0. The topological polar surface area (TPSA) is 240 Å². The van der Waals surface area contributed by atoms with Crippen LogP contribution in [0.15, 0.2) is 133 Å². The molecule has 1 saturated heterocycles. The number of hydrogen-bond donors (Lipinski definition) is 2. The molecule has 3 saturated carbocycles. The summed E-state index contributed by atoms with van der Waals surface area (Å²) >= 11 is 0. The minimum Gasteiger partial charge on any atom is -1.00 e. The van der Waals surface area contributed by atoms with Gasteiger partial charge in [-0.3, -0.25) is 28.8 Å². The number of rotatable bonds is 16. The maximum atomic E-state index is 13.0. The van der Waals surface area contributed by atoms with Crippen molar-refractivity contribution in [3.8, 4) is 17.2 Å². The zero-order chi connectivity index (χ0) is 62.9. The van der Waals surface area contributed by atoms with Gasteiger partial charge < -0.3 is 64.9 Å². The Morgan fingerprint density at radius 2 is 0.966 bits per heavy atom. The van der Waals surface area contributed by atoms with Gasteiger partial charge in [-0.25, -0.2) is 0 Å². The van der Waals surface area contributed by atoms with E-state index in [1.807, 2.05) is 109 Å². The maximum Gasteiger partial charge on any atom is 1.00 e. The van der Waals surface area contributed by atoms with Crippen LogP contribution < -0.4 is 118 Å². The zero-order valence-electron chi connectivity index (χ0n) is 54.2. The van der Waals surface area contributed by atoms with Gasteiger partial charge in [0.15, 0.2) is 5.79 Å². The van der Waals surface area contributed by atoms with Crippen LogP contribution >= 0.6 is 0 Å². The molecule has 3 aliphatic carbocycles. The Labute approximate surface area is 606 Å². The fourth-order valence-corrected chi connectivity index (χ4v) is 9.62. The average molecular weight is 1270 g/mol. The van der Waals surface area contributed by atoms with E-state index in [1.54, 1.807) is 95.5 Å². The molecule has 3 amide bonds. The van der Waals surface area contributed by atoms with Crippen LogP contribution in [0.25, 0.3) is 0 Å². The first kappa shape index (κ1) is 79.8. The zero-order valence-corrected chi connectivity index (χ0v) is 59.4. The number of hydrogen-bond acceptors (Lipinski definition) is 16. The molecule has 0 aromatic heterocycles. The molecule has 0 bridgehead atoms. The van der Waals surface area contributed by atoms with Crippen LogP contribution in [-0.2, 0) is 78.7 Å². The summed E-state index contributed by atoms with van der Waals surface area (Å²) in [7, 11) is 13.9. The van der Waals surface area contributed by atoms with Gasteiger partial charge in [0, 0.05) is 95.0 Å². The molecule has 1 aliphatic heterocycles. The molecule has 1 spiro atoms. The molecule has 21 heteroatoms. The Kier molecular flexibility index (Phi) is 39.5. The van der Waals surface area contributed by atoms with Crippen LogP contribution in [0.3, 0.4) is 0 Å². The molecule has 5 aromatic carbocycles. The normalized spacial score (nSPS) is 17.5. The van der Waals surface area contributed by atoms with Gasteiger partial charge in [0.1, 0.15) is 42.0 Å². The summed E-state index contributed by atoms with van der Waals surface area (Å²) in [6, 6.07) is 41.9. The van der Waals surface area contributed by atoms with E-state index in [4.69, 9.17) is 43.6 Å². The maximum absolute atomic E-state index is 13.0. The van der Waals surface area contributed by atoms with E-state index < -0.39 is 11.5 Å². The van der Waals surface area contributed by atoms with Crippen molar-refractivity contribution in [1.82, 2.24) is 14.7 Å². The summed E-state index contributed by atoms with van der Waals surface area (Å²) in [5, 5.41) is 28.8. The Bertz CT molecular complexity index is 2760. The summed E-state index contributed by atoms with van der Waals surface area (Å²) in [4.78, 5) is 73.4. The van der Waals surface area contributed by atoms with Crippen LogP contribution in [0, 0.1) is 0 Å². The number of ketones is 2. The molecule has 9 rings (SSSR count). The molecule has 5 aromatic rings. The van der Waals surface area contributed by atoms with E-state index in [0.717, 1.165) is 90.7 Å². The minimum absolute atomic E-state index is 0. The largest absolute Gasteiger partial charge is 1.00 e. The van der Waals surface area contributed by atoms with E-state index in [1.165, 1.54) is 0 Å². The van der Waals surface area contributed by atoms with E-state index in [-0.39, 0.29) is 146 Å². The van der Waals surface area contributed by atoms with Crippen molar-refractivity contribution in [2.45, 2.75) is 133 Å². The summed E-state index contributed by atoms with van der Waals surface area (Å²) in [5.41, 5.74) is 3.89. The predicted molar refractivity (Wildman–Crippen MR) is 324 cm³/mol. The number of Topliss-reactive ketones (excluding diaryl/α,β-unsaturated/α-hetero) is 2. The number of nitrogens with zero attached hydrogens (tertiary/aromatic N) is 3. The second-order valence-electron chi connectivity index (χ2n) is 21.9. The van der Waals surface area contributed by atoms with Crippen molar-refractivity contribution in [3.05, 3.63) is 161 Å². The molecular weight excluding hydrogens is 1180 g/mol. The molecular formula is C67H89K2N3O16. The number of carbonyl (C=O) groups excluding carboxylic acids is 6. The van der Waals surface area contributed by atoms with Crippen LogP contribution in [-0.4, -0.2) is 154 Å². The number of methoxy groups -OCH3 is 2. The number of benzene rings is 5. The fraction of sp³-hybridized carbons (Fsp3) is 0.463. The molecule has 19 nitrogen and oxygen atoms in total. The van der Waals surface area contributed by atoms with Gasteiger partial charge in [-0.05, 0) is 103 Å². The summed E-state index contributed by atoms with van der Waals surface area (Å²) in [6.45, 7) is 2.24. The number of aromatic hydroxyl groups is 1. The van der Waals surface area contributed by atoms with E-state index in [2.05, 4.69) is 4.89 Å². The molecule has 88 heavy (non-hydrogen) atoms. The molecule has 2 N–H and O–H groups in total. The Morgan fingerprint density at radius 3 is 1.35 bits per heavy atom. The average Bonchev–Trinajstić information content (AvgIpc) is 2.95. The van der Waals surface area contributed by atoms with Crippen LogP contribution in [0.1, 0.15) is 112 Å². The quantitative estimate of drug-likeness (QED) is 0.0624.